The number of hydrogen-bond acceptors (Lipinski definition) is 10. The summed E-state index contributed by atoms with van der Waals surface area (Å²) < 4.78 is 87.7. The summed E-state index contributed by atoms with van der Waals surface area (Å²) in [4.78, 5) is -1.83. The fraction of sp³-hybridized carbons (Fsp3) is 0.0556. The molecule has 0 aliphatic heterocycles. The monoisotopic (exact) mass is 530 g/mol. The molecular formula is C18H18N4O9S3. The third kappa shape index (κ3) is 4.96. The zero-order chi connectivity index (χ0) is 25.6. The minimum Gasteiger partial charge on any atom is -0.507 e. The number of hydrogen-bond donors (Lipinski definition) is 6. The second kappa shape index (κ2) is 8.49. The fourth-order valence-corrected chi connectivity index (χ4v) is 4.98. The number of nitrogens with one attached hydrogen (secondary N) is 1. The van der Waals surface area contributed by atoms with E-state index in [4.69, 9.17) is 5.73 Å². The highest BCUT2D eigenvalue weighted by atomic mass is 32.2. The van der Waals surface area contributed by atoms with Crippen LogP contribution in [0.1, 0.15) is 0 Å². The van der Waals surface area contributed by atoms with Gasteiger partial charge in [0, 0.05) is 18.8 Å². The van der Waals surface area contributed by atoms with E-state index in [2.05, 4.69) is 21.4 Å². The Kier molecular flexibility index (Phi) is 6.33. The summed E-state index contributed by atoms with van der Waals surface area (Å²) in [7, 11) is -12.0. The lowest BCUT2D eigenvalue weighted by atomic mass is 10.1. The van der Waals surface area contributed by atoms with Gasteiger partial charge in [-0.1, -0.05) is 0 Å². The largest absolute Gasteiger partial charge is 0.507 e. The average Bonchev–Trinajstić information content (AvgIpc) is 2.70. The van der Waals surface area contributed by atoms with Crippen molar-refractivity contribution < 1.29 is 39.8 Å². The summed E-state index contributed by atoms with van der Waals surface area (Å²) in [5.41, 5.74) is 5.07. The van der Waals surface area contributed by atoms with E-state index in [0.29, 0.717) is 11.8 Å². The lowest BCUT2D eigenvalue weighted by Crippen LogP contribution is -2.04. The van der Waals surface area contributed by atoms with E-state index in [0.717, 1.165) is 18.2 Å². The van der Waals surface area contributed by atoms with Gasteiger partial charge in [0.2, 0.25) is 0 Å². The zero-order valence-electron chi connectivity index (χ0n) is 17.2. The van der Waals surface area contributed by atoms with Gasteiger partial charge in [-0.25, -0.2) is 4.21 Å². The van der Waals surface area contributed by atoms with Crippen LogP contribution in [0.15, 0.2) is 61.3 Å². The van der Waals surface area contributed by atoms with Crippen molar-refractivity contribution in [3.63, 3.8) is 0 Å². The Hall–Kier alpha value is -3.28. The Morgan fingerprint density at radius 3 is 2.09 bits per heavy atom. The van der Waals surface area contributed by atoms with Crippen molar-refractivity contribution in [3.8, 4) is 5.75 Å². The molecule has 0 saturated carbocycles. The molecule has 7 N–H and O–H groups in total. The number of azo groups is 1. The summed E-state index contributed by atoms with van der Waals surface area (Å²) in [5.74, 6) is 2.38. The first kappa shape index (κ1) is 25.3. The molecule has 16 heteroatoms. The number of aromatic hydroxyl groups is 1. The van der Waals surface area contributed by atoms with Gasteiger partial charge in [0.15, 0.2) is 0 Å². The summed E-state index contributed by atoms with van der Waals surface area (Å²) in [5, 5.41) is 20.3. The maximum absolute atomic E-state index is 12.2. The molecule has 0 heterocycles. The van der Waals surface area contributed by atoms with Crippen LogP contribution in [0.25, 0.3) is 10.8 Å². The third-order valence-electron chi connectivity index (χ3n) is 4.59. The number of phenols is 1. The molecule has 0 bridgehead atoms. The maximum atomic E-state index is 12.2. The van der Waals surface area contributed by atoms with Crippen LogP contribution in [0.3, 0.4) is 0 Å². The summed E-state index contributed by atoms with van der Waals surface area (Å²) >= 11 is 0. The van der Waals surface area contributed by atoms with Crippen LogP contribution >= 0.6 is 0 Å². The molecule has 0 amide bonds. The van der Waals surface area contributed by atoms with E-state index < -0.39 is 61.8 Å². The van der Waals surface area contributed by atoms with Crippen LogP contribution in [0, 0.1) is 0 Å². The van der Waals surface area contributed by atoms with Crippen molar-refractivity contribution >= 4 is 69.4 Å². The molecule has 0 aromatic heterocycles. The molecule has 0 radical (unpaired) electrons. The Balaban J connectivity index is 2.40. The second-order valence-electron chi connectivity index (χ2n) is 6.90. The molecule has 0 fully saturated rings. The van der Waals surface area contributed by atoms with Gasteiger partial charge in [-0.2, -0.15) is 16.8 Å². The van der Waals surface area contributed by atoms with Crippen LogP contribution in [0.4, 0.5) is 22.7 Å². The lowest BCUT2D eigenvalue weighted by Gasteiger charge is -2.14. The lowest BCUT2D eigenvalue weighted by molar-refractivity contribution is 0.471. The smallest absolute Gasteiger partial charge is 0.296 e. The van der Waals surface area contributed by atoms with Crippen molar-refractivity contribution in [2.75, 3.05) is 18.1 Å². The topological polar surface area (TPSA) is 229 Å². The molecule has 3 aromatic rings. The molecule has 182 valence electrons. The van der Waals surface area contributed by atoms with Gasteiger partial charge in [0.1, 0.15) is 31.8 Å². The van der Waals surface area contributed by atoms with Crippen molar-refractivity contribution in [1.82, 2.24) is 0 Å². The minimum absolute atomic E-state index is 0.170. The molecule has 3 rings (SSSR count). The fourth-order valence-electron chi connectivity index (χ4n) is 3.04. The average molecular weight is 531 g/mol. The number of rotatable bonds is 6. The molecule has 0 spiro atoms. The molecule has 1 unspecified atom stereocenters. The molecular weight excluding hydrogens is 512 g/mol. The van der Waals surface area contributed by atoms with Crippen LogP contribution in [-0.4, -0.2) is 52.7 Å². The van der Waals surface area contributed by atoms with Gasteiger partial charge in [0.05, 0.1) is 20.9 Å². The molecule has 0 aliphatic rings. The van der Waals surface area contributed by atoms with E-state index in [1.54, 1.807) is 0 Å². The number of fused-ring (bicyclic) bond motifs is 1. The van der Waals surface area contributed by atoms with Crippen LogP contribution in [0.5, 0.6) is 5.75 Å². The van der Waals surface area contributed by atoms with E-state index in [1.807, 2.05) is 0 Å². The van der Waals surface area contributed by atoms with Crippen molar-refractivity contribution in [2.45, 2.75) is 14.7 Å². The van der Waals surface area contributed by atoms with E-state index in [-0.39, 0.29) is 16.5 Å². The Labute approximate surface area is 194 Å². The standard InChI is InChI=1S/C18H18N4O9S3/c1-20-10-3-4-12(14(7-10)34(29,30)31)21-22-18-16-9(6-15(17(18)19)32(2,24)25)5-11(8-13(16)23)33(26,27)28/h3-8,20,23H,2,19H2,1H3,(H,24,25)(H,26,27,28)(H,29,30,31)/b22-21+. The molecule has 3 aromatic carbocycles. The van der Waals surface area contributed by atoms with Crippen LogP contribution in [0.2, 0.25) is 0 Å². The predicted octanol–water partition coefficient (Wildman–Crippen LogP) is 2.63. The van der Waals surface area contributed by atoms with Crippen LogP contribution in [-0.2, 0) is 30.0 Å². The van der Waals surface area contributed by atoms with Gasteiger partial charge >= 0.3 is 0 Å². The first-order valence-electron chi connectivity index (χ1n) is 8.91. The van der Waals surface area contributed by atoms with Gasteiger partial charge in [-0.3, -0.25) is 9.11 Å². The highest BCUT2D eigenvalue weighted by Crippen LogP contribution is 2.44. The van der Waals surface area contributed by atoms with Crippen molar-refractivity contribution in [2.24, 2.45) is 10.2 Å². The second-order valence-corrected chi connectivity index (χ2v) is 11.4. The minimum atomic E-state index is -4.77. The Morgan fingerprint density at radius 2 is 1.56 bits per heavy atom. The Morgan fingerprint density at radius 1 is 0.912 bits per heavy atom. The number of benzene rings is 3. The highest BCUT2D eigenvalue weighted by molar-refractivity contribution is 7.95. The quantitative estimate of drug-likeness (QED) is 0.117. The van der Waals surface area contributed by atoms with E-state index in [9.17, 15) is 39.8 Å². The van der Waals surface area contributed by atoms with Gasteiger partial charge < -0.3 is 20.7 Å². The van der Waals surface area contributed by atoms with Crippen LogP contribution < -0.4 is 11.1 Å². The van der Waals surface area contributed by atoms with Crippen molar-refractivity contribution in [3.05, 3.63) is 36.4 Å². The summed E-state index contributed by atoms with van der Waals surface area (Å²) in [6, 6.07) is 6.28. The van der Waals surface area contributed by atoms with Crippen molar-refractivity contribution in [1.29, 1.82) is 0 Å². The first-order chi connectivity index (χ1) is 15.5. The number of phenolic OH excluding ortho intramolecular Hbond substituents is 1. The maximum Gasteiger partial charge on any atom is 0.296 e. The van der Waals surface area contributed by atoms with E-state index >= 15 is 0 Å². The SMILES string of the molecule is C=S(=O)(O)c1cc2cc(S(=O)(=O)O)cc(O)c2c(/N=N/c2ccc(NC)cc2S(=O)(=O)O)c1N. The molecule has 0 saturated heterocycles. The summed E-state index contributed by atoms with van der Waals surface area (Å²) in [6.45, 7) is 0. The van der Waals surface area contributed by atoms with Gasteiger partial charge in [-0.05, 0) is 41.6 Å². The van der Waals surface area contributed by atoms with E-state index in [1.165, 1.54) is 19.2 Å². The third-order valence-corrected chi connectivity index (χ3v) is 7.33. The number of nitrogens with zero attached hydrogens (tertiary/aromatic N) is 2. The highest BCUT2D eigenvalue weighted by Gasteiger charge is 2.22. The number of anilines is 2. The number of nitrogen functional groups attached to an aromatic ring is 1. The number of nitrogens with two attached hydrogens (primary N) is 1. The summed E-state index contributed by atoms with van der Waals surface area (Å²) in [6.07, 6.45) is 0. The van der Waals surface area contributed by atoms with Gasteiger partial charge in [0.25, 0.3) is 20.2 Å². The van der Waals surface area contributed by atoms with Gasteiger partial charge in [-0.15, -0.1) is 10.2 Å². The predicted molar refractivity (Wildman–Crippen MR) is 126 cm³/mol. The normalized spacial score (nSPS) is 14.4. The molecule has 34 heavy (non-hydrogen) atoms. The molecule has 13 nitrogen and oxygen atoms in total. The first-order valence-corrected chi connectivity index (χ1v) is 13.5. The Bertz CT molecular complexity index is 1680. The molecule has 0 aliphatic carbocycles. The zero-order valence-corrected chi connectivity index (χ0v) is 19.6. The molecule has 1 atom stereocenters.